The summed E-state index contributed by atoms with van der Waals surface area (Å²) in [5.74, 6) is -1.78. The van der Waals surface area contributed by atoms with Crippen LogP contribution in [0, 0.1) is 5.82 Å². The van der Waals surface area contributed by atoms with Gasteiger partial charge in [-0.25, -0.2) is 14.2 Å². The molecular weight excluding hydrogens is 450 g/mol. The van der Waals surface area contributed by atoms with Gasteiger partial charge in [-0.2, -0.15) is 13.2 Å². The van der Waals surface area contributed by atoms with Gasteiger partial charge in [-0.3, -0.25) is 0 Å². The van der Waals surface area contributed by atoms with Crippen LogP contribution in [-0.4, -0.2) is 16.1 Å². The van der Waals surface area contributed by atoms with Crippen molar-refractivity contribution in [3.8, 4) is 16.9 Å². The molecule has 0 amide bonds. The molecule has 0 bridgehead atoms. The van der Waals surface area contributed by atoms with E-state index in [2.05, 4.69) is 4.98 Å². The van der Waals surface area contributed by atoms with Crippen LogP contribution >= 0.6 is 0 Å². The van der Waals surface area contributed by atoms with E-state index in [9.17, 15) is 22.4 Å². The van der Waals surface area contributed by atoms with E-state index in [1.54, 1.807) is 12.1 Å². The van der Waals surface area contributed by atoms with Crippen molar-refractivity contribution in [1.29, 1.82) is 0 Å². The molecule has 1 aromatic heterocycles. The van der Waals surface area contributed by atoms with Gasteiger partial charge >= 0.3 is 12.1 Å². The number of benzene rings is 2. The average Bonchev–Trinajstić information content (AvgIpc) is 2.83. The fraction of sp³-hybridized carbons (Fsp3) is 0.308. The van der Waals surface area contributed by atoms with Gasteiger partial charge in [0.25, 0.3) is 0 Å². The molecule has 1 N–H and O–H groups in total. The Hall–Kier alpha value is -3.42. The van der Waals surface area contributed by atoms with E-state index in [0.29, 0.717) is 16.7 Å². The van der Waals surface area contributed by atoms with Crippen LogP contribution in [0.3, 0.4) is 0 Å². The molecular formula is C26H23F4NO3. The first-order valence-corrected chi connectivity index (χ1v) is 11.0. The van der Waals surface area contributed by atoms with E-state index in [-0.39, 0.29) is 29.5 Å². The van der Waals surface area contributed by atoms with E-state index >= 15 is 0 Å². The summed E-state index contributed by atoms with van der Waals surface area (Å²) in [5, 5.41) is 8.92. The summed E-state index contributed by atoms with van der Waals surface area (Å²) < 4.78 is 61.4. The van der Waals surface area contributed by atoms with Crippen molar-refractivity contribution in [3.63, 3.8) is 0 Å². The Morgan fingerprint density at radius 3 is 2.41 bits per heavy atom. The van der Waals surface area contributed by atoms with E-state index in [0.717, 1.165) is 38.2 Å². The minimum absolute atomic E-state index is 0.0739. The first kappa shape index (κ1) is 23.7. The van der Waals surface area contributed by atoms with Crippen molar-refractivity contribution in [2.45, 2.75) is 50.8 Å². The maximum Gasteiger partial charge on any atom is 0.416 e. The number of hydrogen-bond donors (Lipinski definition) is 1. The zero-order valence-corrected chi connectivity index (χ0v) is 18.2. The Kier molecular flexibility index (Phi) is 6.86. The highest BCUT2D eigenvalue weighted by atomic mass is 19.4. The third-order valence-electron chi connectivity index (χ3n) is 6.11. The zero-order valence-electron chi connectivity index (χ0n) is 18.2. The Morgan fingerprint density at radius 1 is 1.03 bits per heavy atom. The number of alkyl halides is 3. The fourth-order valence-electron chi connectivity index (χ4n) is 4.37. The number of nitrogens with zero attached hydrogens (tertiary/aromatic N) is 1. The fourth-order valence-corrected chi connectivity index (χ4v) is 4.37. The molecule has 8 heteroatoms. The molecule has 0 aliphatic heterocycles. The van der Waals surface area contributed by atoms with Crippen molar-refractivity contribution in [3.05, 3.63) is 82.9 Å². The molecule has 0 radical (unpaired) electrons. The first-order chi connectivity index (χ1) is 16.2. The van der Waals surface area contributed by atoms with Gasteiger partial charge in [-0.15, -0.1) is 0 Å². The Morgan fingerprint density at radius 2 is 1.79 bits per heavy atom. The van der Waals surface area contributed by atoms with Crippen molar-refractivity contribution < 1.29 is 32.2 Å². The Bertz CT molecular complexity index is 1170. The molecule has 1 aliphatic carbocycles. The number of halogens is 4. The van der Waals surface area contributed by atoms with Crippen LogP contribution in [-0.2, 0) is 12.8 Å². The molecule has 3 aromatic rings. The smallest absolute Gasteiger partial charge is 0.416 e. The van der Waals surface area contributed by atoms with Gasteiger partial charge < -0.3 is 9.84 Å². The van der Waals surface area contributed by atoms with Crippen molar-refractivity contribution in [2.75, 3.05) is 0 Å². The second kappa shape index (κ2) is 9.83. The highest BCUT2D eigenvalue weighted by molar-refractivity contribution is 5.85. The summed E-state index contributed by atoms with van der Waals surface area (Å²) in [6.07, 6.45) is 1.21. The van der Waals surface area contributed by atoms with Gasteiger partial charge in [0.2, 0.25) is 0 Å². The van der Waals surface area contributed by atoms with Gasteiger partial charge in [-0.1, -0.05) is 43.5 Å². The number of rotatable bonds is 6. The quantitative estimate of drug-likeness (QED) is 0.384. The summed E-state index contributed by atoms with van der Waals surface area (Å²) in [6, 6.07) is 11.2. The van der Waals surface area contributed by atoms with Crippen LogP contribution in [0.5, 0.6) is 5.75 Å². The first-order valence-electron chi connectivity index (χ1n) is 11.0. The maximum atomic E-state index is 14.7. The number of carbonyl (C=O) groups is 1. The maximum absolute atomic E-state index is 14.7. The van der Waals surface area contributed by atoms with E-state index in [1.165, 1.54) is 36.5 Å². The number of hydrogen-bond acceptors (Lipinski definition) is 3. The lowest BCUT2D eigenvalue weighted by Gasteiger charge is -2.25. The van der Waals surface area contributed by atoms with Gasteiger partial charge in [0.1, 0.15) is 23.9 Å². The summed E-state index contributed by atoms with van der Waals surface area (Å²) >= 11 is 0. The molecule has 0 saturated heterocycles. The lowest BCUT2D eigenvalue weighted by molar-refractivity contribution is -0.138. The molecule has 0 atom stereocenters. The summed E-state index contributed by atoms with van der Waals surface area (Å²) in [7, 11) is 0. The van der Waals surface area contributed by atoms with Crippen LogP contribution in [0.1, 0.15) is 65.2 Å². The molecule has 1 heterocycles. The molecule has 0 unspecified atom stereocenters. The van der Waals surface area contributed by atoms with E-state index < -0.39 is 23.5 Å². The molecule has 1 aliphatic rings. The van der Waals surface area contributed by atoms with Crippen molar-refractivity contribution >= 4 is 5.97 Å². The van der Waals surface area contributed by atoms with E-state index in [1.807, 2.05) is 0 Å². The molecule has 4 nitrogen and oxygen atoms in total. The lowest BCUT2D eigenvalue weighted by atomic mass is 9.82. The van der Waals surface area contributed by atoms with Crippen LogP contribution in [0.15, 0.2) is 54.7 Å². The van der Waals surface area contributed by atoms with Gasteiger partial charge in [0.15, 0.2) is 0 Å². The third-order valence-corrected chi connectivity index (χ3v) is 6.11. The number of aromatic nitrogens is 1. The molecule has 4 rings (SSSR count). The topological polar surface area (TPSA) is 59.4 Å². The van der Waals surface area contributed by atoms with Crippen molar-refractivity contribution in [2.24, 2.45) is 0 Å². The number of aromatic carboxylic acids is 1. The largest absolute Gasteiger partial charge is 0.489 e. The minimum atomic E-state index is -4.48. The number of carboxylic acids is 1. The van der Waals surface area contributed by atoms with Crippen LogP contribution in [0.4, 0.5) is 17.6 Å². The van der Waals surface area contributed by atoms with Gasteiger partial charge in [0.05, 0.1) is 5.56 Å². The summed E-state index contributed by atoms with van der Waals surface area (Å²) in [5.41, 5.74) is 0.573. The number of carboxylic acid groups (broad SMARTS) is 1. The van der Waals surface area contributed by atoms with Crippen LogP contribution < -0.4 is 4.74 Å². The standard InChI is InChI=1S/C26H23F4NO3/c27-23-12-16(6-9-21(23)18-7-11-24(25(32)33)31-14-18)15-34-19-8-10-20(17-4-2-1-3-5-17)22(13-19)26(28,29)30/h6-14,17H,1-5,15H2,(H,32,33). The van der Waals surface area contributed by atoms with Gasteiger partial charge in [-0.05, 0) is 54.2 Å². The predicted molar refractivity (Wildman–Crippen MR) is 118 cm³/mol. The SMILES string of the molecule is O=C(O)c1ccc(-c2ccc(COc3ccc(C4CCCCC4)c(C(F)(F)F)c3)cc2F)cn1. The summed E-state index contributed by atoms with van der Waals surface area (Å²) in [6.45, 7) is -0.104. The Labute approximate surface area is 194 Å². The monoisotopic (exact) mass is 473 g/mol. The van der Waals surface area contributed by atoms with Crippen molar-refractivity contribution in [1.82, 2.24) is 4.98 Å². The van der Waals surface area contributed by atoms with E-state index in [4.69, 9.17) is 9.84 Å². The average molecular weight is 473 g/mol. The summed E-state index contributed by atoms with van der Waals surface area (Å²) in [4.78, 5) is 14.7. The second-order valence-corrected chi connectivity index (χ2v) is 8.42. The normalized spacial score (nSPS) is 14.7. The molecule has 1 fully saturated rings. The highest BCUT2D eigenvalue weighted by Crippen LogP contribution is 2.42. The Balaban J connectivity index is 1.49. The van der Waals surface area contributed by atoms with Gasteiger partial charge in [0, 0.05) is 17.3 Å². The zero-order chi connectivity index (χ0) is 24.3. The van der Waals surface area contributed by atoms with Crippen LogP contribution in [0.2, 0.25) is 0 Å². The molecule has 1 saturated carbocycles. The predicted octanol–water partition coefficient (Wildman–Crippen LogP) is 7.23. The highest BCUT2D eigenvalue weighted by Gasteiger charge is 2.36. The minimum Gasteiger partial charge on any atom is -0.489 e. The second-order valence-electron chi connectivity index (χ2n) is 8.42. The number of ether oxygens (including phenoxy) is 1. The molecule has 0 spiro atoms. The van der Waals surface area contributed by atoms with Crippen LogP contribution in [0.25, 0.3) is 11.1 Å². The third kappa shape index (κ3) is 5.38. The molecule has 2 aromatic carbocycles. The number of pyridine rings is 1. The molecule has 178 valence electrons. The molecule has 34 heavy (non-hydrogen) atoms. The lowest BCUT2D eigenvalue weighted by Crippen LogP contribution is -2.14.